The number of aliphatic hydroxyl groups excluding tert-OH is 1. The Morgan fingerprint density at radius 3 is 2.23 bits per heavy atom. The Balaban J connectivity index is 1.80. The first kappa shape index (κ1) is 24.5. The predicted molar refractivity (Wildman–Crippen MR) is 136 cm³/mol. The lowest BCUT2D eigenvalue weighted by Crippen LogP contribution is -2.60. The van der Waals surface area contributed by atoms with Gasteiger partial charge in [-0.1, -0.05) is 62.4 Å². The molecule has 1 aliphatic heterocycles. The van der Waals surface area contributed by atoms with Crippen molar-refractivity contribution < 1.29 is 19.8 Å². The van der Waals surface area contributed by atoms with Crippen LogP contribution in [0.15, 0.2) is 66.7 Å². The number of aromatic nitrogens is 1. The number of amides is 2. The molecule has 184 valence electrons. The van der Waals surface area contributed by atoms with Crippen molar-refractivity contribution in [1.82, 2.24) is 14.4 Å². The number of benzene rings is 2. The molecule has 7 heteroatoms. The number of piperazine rings is 1. The smallest absolute Gasteiger partial charge is 0.407 e. The first-order chi connectivity index (χ1) is 16.8. The number of para-hydroxylation sites is 1. The lowest BCUT2D eigenvalue weighted by Gasteiger charge is -2.42. The molecule has 1 aromatic heterocycles. The standard InChI is InChI=1S/C28H33N3O4/c1-19(2)16-25(32)24-18-29(28(34)35)14-15-30(24)27(33)23-17-20(3)31(22-12-8-5-9-13-22)26(23)21-10-6-4-7-11-21/h4-13,17,19,24-25,32H,14-16,18H2,1-3H3,(H,34,35)/t24-,25?/m0/s1. The molecule has 1 aliphatic rings. The molecule has 1 unspecified atom stereocenters. The van der Waals surface area contributed by atoms with Gasteiger partial charge >= 0.3 is 6.09 Å². The SMILES string of the molecule is Cc1cc(C(=O)N2CCN(C(=O)O)C[C@H]2C(O)CC(C)C)c(-c2ccccc2)n1-c1ccccc1. The first-order valence-electron chi connectivity index (χ1n) is 12.1. The van der Waals surface area contributed by atoms with Gasteiger partial charge in [-0.3, -0.25) is 4.79 Å². The maximum Gasteiger partial charge on any atom is 0.407 e. The number of hydrogen-bond donors (Lipinski definition) is 2. The van der Waals surface area contributed by atoms with Gasteiger partial charge in [0, 0.05) is 31.0 Å². The van der Waals surface area contributed by atoms with Crippen LogP contribution in [0.5, 0.6) is 0 Å². The maximum atomic E-state index is 14.1. The molecule has 3 aromatic rings. The molecular formula is C28H33N3O4. The van der Waals surface area contributed by atoms with E-state index in [2.05, 4.69) is 4.57 Å². The van der Waals surface area contributed by atoms with Crippen molar-refractivity contribution in [2.75, 3.05) is 19.6 Å². The van der Waals surface area contributed by atoms with Crippen LogP contribution in [0.2, 0.25) is 0 Å². The molecule has 2 amide bonds. The zero-order valence-electron chi connectivity index (χ0n) is 20.5. The van der Waals surface area contributed by atoms with E-state index in [4.69, 9.17) is 0 Å². The summed E-state index contributed by atoms with van der Waals surface area (Å²) in [6.07, 6.45) is -1.37. The van der Waals surface area contributed by atoms with Crippen molar-refractivity contribution in [3.63, 3.8) is 0 Å². The fourth-order valence-electron chi connectivity index (χ4n) is 4.95. The number of rotatable bonds is 6. The van der Waals surface area contributed by atoms with Gasteiger partial charge in [0.25, 0.3) is 5.91 Å². The fourth-order valence-corrected chi connectivity index (χ4v) is 4.95. The third kappa shape index (κ3) is 5.10. The van der Waals surface area contributed by atoms with Crippen molar-refractivity contribution in [2.45, 2.75) is 39.3 Å². The predicted octanol–water partition coefficient (Wildman–Crippen LogP) is 4.66. The highest BCUT2D eigenvalue weighted by Crippen LogP contribution is 2.33. The van der Waals surface area contributed by atoms with E-state index >= 15 is 0 Å². The number of nitrogens with zero attached hydrogens (tertiary/aromatic N) is 3. The summed E-state index contributed by atoms with van der Waals surface area (Å²) < 4.78 is 2.08. The average molecular weight is 476 g/mol. The number of carbonyl (C=O) groups excluding carboxylic acids is 1. The van der Waals surface area contributed by atoms with E-state index in [0.29, 0.717) is 12.0 Å². The normalized spacial score (nSPS) is 17.0. The molecular weight excluding hydrogens is 442 g/mol. The Morgan fingerprint density at radius 2 is 1.63 bits per heavy atom. The fraction of sp³-hybridized carbons (Fsp3) is 0.357. The highest BCUT2D eigenvalue weighted by molar-refractivity contribution is 6.01. The molecule has 0 saturated carbocycles. The van der Waals surface area contributed by atoms with Gasteiger partial charge in [-0.25, -0.2) is 4.79 Å². The minimum absolute atomic E-state index is 0.0913. The number of hydrogen-bond acceptors (Lipinski definition) is 3. The molecule has 2 heterocycles. The van der Waals surface area contributed by atoms with Crippen molar-refractivity contribution in [3.05, 3.63) is 78.0 Å². The Morgan fingerprint density at radius 1 is 1.00 bits per heavy atom. The monoisotopic (exact) mass is 475 g/mol. The summed E-state index contributed by atoms with van der Waals surface area (Å²) in [5.74, 6) is 0.0166. The van der Waals surface area contributed by atoms with Crippen LogP contribution in [0.1, 0.15) is 36.3 Å². The average Bonchev–Trinajstić information content (AvgIpc) is 3.20. The molecule has 0 aliphatic carbocycles. The molecule has 2 N–H and O–H groups in total. The quantitative estimate of drug-likeness (QED) is 0.543. The van der Waals surface area contributed by atoms with Gasteiger partial charge in [0.15, 0.2) is 0 Å². The van der Waals surface area contributed by atoms with Gasteiger partial charge in [-0.2, -0.15) is 0 Å². The summed E-state index contributed by atoms with van der Waals surface area (Å²) >= 11 is 0. The minimum Gasteiger partial charge on any atom is -0.465 e. The van der Waals surface area contributed by atoms with Crippen LogP contribution < -0.4 is 0 Å². The Bertz CT molecular complexity index is 1170. The third-order valence-corrected chi connectivity index (χ3v) is 6.58. The van der Waals surface area contributed by atoms with Gasteiger partial charge in [-0.05, 0) is 43.0 Å². The number of carboxylic acid groups (broad SMARTS) is 1. The van der Waals surface area contributed by atoms with E-state index in [1.54, 1.807) is 4.90 Å². The van der Waals surface area contributed by atoms with E-state index in [1.165, 1.54) is 4.90 Å². The lowest BCUT2D eigenvalue weighted by atomic mass is 9.96. The third-order valence-electron chi connectivity index (χ3n) is 6.58. The first-order valence-corrected chi connectivity index (χ1v) is 12.1. The molecule has 0 radical (unpaired) electrons. The Kier molecular flexibility index (Phi) is 7.26. The molecule has 2 aromatic carbocycles. The van der Waals surface area contributed by atoms with Gasteiger partial charge in [0.2, 0.25) is 0 Å². The van der Waals surface area contributed by atoms with Crippen molar-refractivity contribution in [1.29, 1.82) is 0 Å². The maximum absolute atomic E-state index is 14.1. The summed E-state index contributed by atoms with van der Waals surface area (Å²) in [6.45, 7) is 6.52. The number of carbonyl (C=O) groups is 2. The van der Waals surface area contributed by atoms with Gasteiger partial charge in [0.1, 0.15) is 0 Å². The topological polar surface area (TPSA) is 86.0 Å². The zero-order valence-corrected chi connectivity index (χ0v) is 20.5. The molecule has 2 atom stereocenters. The van der Waals surface area contributed by atoms with Crippen molar-refractivity contribution in [2.24, 2.45) is 5.92 Å². The van der Waals surface area contributed by atoms with E-state index in [9.17, 15) is 19.8 Å². The minimum atomic E-state index is -1.03. The summed E-state index contributed by atoms with van der Waals surface area (Å²) in [6, 6.07) is 21.0. The second-order valence-corrected chi connectivity index (χ2v) is 9.58. The van der Waals surface area contributed by atoms with Crippen molar-refractivity contribution >= 4 is 12.0 Å². The molecule has 0 bridgehead atoms. The molecule has 1 saturated heterocycles. The number of aryl methyl sites for hydroxylation is 1. The summed E-state index contributed by atoms with van der Waals surface area (Å²) in [5, 5.41) is 20.6. The van der Waals surface area contributed by atoms with E-state index in [-0.39, 0.29) is 31.5 Å². The molecule has 1 fully saturated rings. The van der Waals surface area contributed by atoms with Crippen LogP contribution in [0.4, 0.5) is 4.79 Å². The van der Waals surface area contributed by atoms with Crippen LogP contribution in [0, 0.1) is 12.8 Å². The van der Waals surface area contributed by atoms with Gasteiger partial charge in [0.05, 0.1) is 23.4 Å². The Hall–Kier alpha value is -3.58. The largest absolute Gasteiger partial charge is 0.465 e. The summed E-state index contributed by atoms with van der Waals surface area (Å²) in [7, 11) is 0. The molecule has 4 rings (SSSR count). The van der Waals surface area contributed by atoms with Crippen LogP contribution >= 0.6 is 0 Å². The van der Waals surface area contributed by atoms with Crippen molar-refractivity contribution in [3.8, 4) is 16.9 Å². The highest BCUT2D eigenvalue weighted by Gasteiger charge is 2.38. The summed E-state index contributed by atoms with van der Waals surface area (Å²) in [5.41, 5.74) is 4.12. The molecule has 7 nitrogen and oxygen atoms in total. The number of aliphatic hydroxyl groups is 1. The van der Waals surface area contributed by atoms with Gasteiger partial charge in [-0.15, -0.1) is 0 Å². The Labute approximate surface area is 206 Å². The lowest BCUT2D eigenvalue weighted by molar-refractivity contribution is -0.00457. The van der Waals surface area contributed by atoms with Crippen LogP contribution in [-0.4, -0.2) is 68.4 Å². The van der Waals surface area contributed by atoms with E-state index in [1.807, 2.05) is 87.5 Å². The molecule has 35 heavy (non-hydrogen) atoms. The second-order valence-electron chi connectivity index (χ2n) is 9.58. The van der Waals surface area contributed by atoms with Crippen LogP contribution in [0.3, 0.4) is 0 Å². The zero-order chi connectivity index (χ0) is 25.1. The van der Waals surface area contributed by atoms with Crippen LogP contribution in [0.25, 0.3) is 16.9 Å². The van der Waals surface area contributed by atoms with Crippen LogP contribution in [-0.2, 0) is 0 Å². The summed E-state index contributed by atoms with van der Waals surface area (Å²) in [4.78, 5) is 28.7. The highest BCUT2D eigenvalue weighted by atomic mass is 16.4. The molecule has 0 spiro atoms. The second kappa shape index (κ2) is 10.4. The van der Waals surface area contributed by atoms with E-state index in [0.717, 1.165) is 22.6 Å². The van der Waals surface area contributed by atoms with Gasteiger partial charge < -0.3 is 24.6 Å². The van der Waals surface area contributed by atoms with E-state index < -0.39 is 18.2 Å².